The number of rotatable bonds is 15. The third kappa shape index (κ3) is 8.27. The van der Waals surface area contributed by atoms with Crippen LogP contribution in [0.15, 0.2) is 6.20 Å². The van der Waals surface area contributed by atoms with E-state index in [1.807, 2.05) is 17.8 Å². The lowest BCUT2D eigenvalue weighted by atomic mass is 9.75. The highest BCUT2D eigenvalue weighted by atomic mass is 16.1. The normalized spacial score (nSPS) is 31.1. The number of aromatic nitrogens is 3. The third-order valence-electron chi connectivity index (χ3n) is 9.24. The van der Waals surface area contributed by atoms with Crippen LogP contribution in [-0.4, -0.2) is 38.0 Å². The molecule has 2 aliphatic rings. The fourth-order valence-electron chi connectivity index (χ4n) is 6.27. The van der Waals surface area contributed by atoms with Crippen molar-refractivity contribution in [2.75, 3.05) is 0 Å². The molecule has 5 N–H and O–H groups in total. The molecule has 1 amide bonds. The van der Waals surface area contributed by atoms with Crippen LogP contribution in [0, 0.1) is 11.8 Å². The number of carbonyl (C=O) groups excluding carboxylic acids is 1. The van der Waals surface area contributed by atoms with Crippen molar-refractivity contribution in [3.8, 4) is 0 Å². The van der Waals surface area contributed by atoms with E-state index in [2.05, 4.69) is 36.4 Å². The molecule has 0 spiro atoms. The average molecular weight is 503 g/mol. The first-order valence-corrected chi connectivity index (χ1v) is 14.9. The van der Waals surface area contributed by atoms with Crippen LogP contribution in [0.1, 0.15) is 136 Å². The summed E-state index contributed by atoms with van der Waals surface area (Å²) in [5.41, 5.74) is 12.8. The SMILES string of the molecule is CCCCCCC1CC1CCCC(CC)n1cc(CCC(=O)NC2(C)CC(N)CCCC2(C)N)nn1. The van der Waals surface area contributed by atoms with Gasteiger partial charge in [-0.3, -0.25) is 4.79 Å². The van der Waals surface area contributed by atoms with E-state index >= 15 is 0 Å². The van der Waals surface area contributed by atoms with Gasteiger partial charge in [-0.2, -0.15) is 0 Å². The van der Waals surface area contributed by atoms with Gasteiger partial charge in [-0.25, -0.2) is 4.68 Å². The monoisotopic (exact) mass is 502 g/mol. The molecule has 2 saturated carbocycles. The number of hydrogen-bond acceptors (Lipinski definition) is 5. The Hall–Kier alpha value is -1.47. The minimum Gasteiger partial charge on any atom is -0.349 e. The maximum absolute atomic E-state index is 12.9. The number of nitrogens with one attached hydrogen (secondary N) is 1. The third-order valence-corrected chi connectivity index (χ3v) is 9.24. The number of aryl methyl sites for hydroxylation is 1. The van der Waals surface area contributed by atoms with E-state index < -0.39 is 11.1 Å². The lowest BCUT2D eigenvalue weighted by Gasteiger charge is -2.44. The van der Waals surface area contributed by atoms with Gasteiger partial charge in [0.05, 0.1) is 17.3 Å². The Morgan fingerprint density at radius 2 is 1.94 bits per heavy atom. The topological polar surface area (TPSA) is 112 Å². The second-order valence-electron chi connectivity index (χ2n) is 12.4. The summed E-state index contributed by atoms with van der Waals surface area (Å²) in [4.78, 5) is 12.9. The highest BCUT2D eigenvalue weighted by Gasteiger charge is 2.45. The zero-order valence-corrected chi connectivity index (χ0v) is 23.6. The first-order valence-electron chi connectivity index (χ1n) is 14.9. The van der Waals surface area contributed by atoms with Gasteiger partial charge in [-0.1, -0.05) is 70.4 Å². The van der Waals surface area contributed by atoms with Crippen LogP contribution in [0.2, 0.25) is 0 Å². The molecule has 206 valence electrons. The predicted molar refractivity (Wildman–Crippen MR) is 147 cm³/mol. The smallest absolute Gasteiger partial charge is 0.220 e. The maximum atomic E-state index is 12.9. The van der Waals surface area contributed by atoms with Crippen LogP contribution in [0.4, 0.5) is 0 Å². The van der Waals surface area contributed by atoms with E-state index in [0.29, 0.717) is 25.3 Å². The maximum Gasteiger partial charge on any atom is 0.220 e. The summed E-state index contributed by atoms with van der Waals surface area (Å²) >= 11 is 0. The number of amides is 1. The first kappa shape index (κ1) is 29.1. The summed E-state index contributed by atoms with van der Waals surface area (Å²) in [7, 11) is 0. The summed E-state index contributed by atoms with van der Waals surface area (Å²) in [6, 6.07) is 0.467. The van der Waals surface area contributed by atoms with Crippen molar-refractivity contribution < 1.29 is 4.79 Å². The van der Waals surface area contributed by atoms with Crippen molar-refractivity contribution in [2.24, 2.45) is 23.3 Å². The molecule has 36 heavy (non-hydrogen) atoms. The molecule has 3 rings (SSSR count). The molecule has 0 saturated heterocycles. The van der Waals surface area contributed by atoms with E-state index in [9.17, 15) is 4.79 Å². The summed E-state index contributed by atoms with van der Waals surface area (Å²) in [5.74, 6) is 1.98. The standard InChI is InChI=1S/C29H54N6O/c1-5-7-8-9-12-22-19-23(22)13-10-15-26(6-2)35-21-25(33-34-35)16-17-27(36)32-29(4)20-24(30)14-11-18-28(29,3)31/h21-24,26H,5-20,30-31H2,1-4H3,(H,32,36). The van der Waals surface area contributed by atoms with Crippen LogP contribution in [0.5, 0.6) is 0 Å². The Morgan fingerprint density at radius 1 is 1.19 bits per heavy atom. The molecular weight excluding hydrogens is 448 g/mol. The number of carbonyl (C=O) groups is 1. The van der Waals surface area contributed by atoms with Crippen molar-refractivity contribution in [3.63, 3.8) is 0 Å². The van der Waals surface area contributed by atoms with Gasteiger partial charge in [-0.15, -0.1) is 5.10 Å². The van der Waals surface area contributed by atoms with Crippen molar-refractivity contribution in [2.45, 2.75) is 154 Å². The number of nitrogens with zero attached hydrogens (tertiary/aromatic N) is 3. The molecule has 1 aromatic heterocycles. The highest BCUT2D eigenvalue weighted by molar-refractivity contribution is 5.77. The fraction of sp³-hybridized carbons (Fsp3) is 0.897. The number of nitrogens with two attached hydrogens (primary N) is 2. The van der Waals surface area contributed by atoms with Crippen molar-refractivity contribution >= 4 is 5.91 Å². The Morgan fingerprint density at radius 3 is 2.67 bits per heavy atom. The molecule has 6 unspecified atom stereocenters. The molecule has 6 atom stereocenters. The van der Waals surface area contributed by atoms with Gasteiger partial charge >= 0.3 is 0 Å². The highest BCUT2D eigenvalue weighted by Crippen LogP contribution is 2.46. The minimum absolute atomic E-state index is 0.0125. The van der Waals surface area contributed by atoms with Crippen LogP contribution in [0.3, 0.4) is 0 Å². The Labute approximate surface area is 219 Å². The molecule has 7 nitrogen and oxygen atoms in total. The van der Waals surface area contributed by atoms with E-state index in [4.69, 9.17) is 11.5 Å². The van der Waals surface area contributed by atoms with E-state index in [-0.39, 0.29) is 11.9 Å². The number of hydrogen-bond donors (Lipinski definition) is 3. The van der Waals surface area contributed by atoms with Gasteiger partial charge in [0.1, 0.15) is 0 Å². The van der Waals surface area contributed by atoms with Crippen LogP contribution < -0.4 is 16.8 Å². The van der Waals surface area contributed by atoms with Crippen molar-refractivity contribution in [1.29, 1.82) is 0 Å². The average Bonchev–Trinajstić information content (AvgIpc) is 3.42. The second kappa shape index (κ2) is 13.4. The summed E-state index contributed by atoms with van der Waals surface area (Å²) in [6.45, 7) is 8.60. The molecule has 7 heteroatoms. The summed E-state index contributed by atoms with van der Waals surface area (Å²) in [5, 5.41) is 12.0. The molecule has 2 aliphatic carbocycles. The Kier molecular flexibility index (Phi) is 10.8. The van der Waals surface area contributed by atoms with Crippen LogP contribution in [0.25, 0.3) is 0 Å². The largest absolute Gasteiger partial charge is 0.349 e. The van der Waals surface area contributed by atoms with Crippen molar-refractivity contribution in [1.82, 2.24) is 20.3 Å². The fourth-order valence-corrected chi connectivity index (χ4v) is 6.27. The summed E-state index contributed by atoms with van der Waals surface area (Å²) < 4.78 is 2.03. The van der Waals surface area contributed by atoms with Crippen molar-refractivity contribution in [3.05, 3.63) is 11.9 Å². The van der Waals surface area contributed by atoms with E-state index in [1.165, 1.54) is 51.4 Å². The lowest BCUT2D eigenvalue weighted by Crippen LogP contribution is -2.66. The molecule has 2 fully saturated rings. The zero-order valence-electron chi connectivity index (χ0n) is 23.6. The van der Waals surface area contributed by atoms with Gasteiger partial charge in [-0.05, 0) is 64.2 Å². The predicted octanol–water partition coefficient (Wildman–Crippen LogP) is 5.43. The quantitative estimate of drug-likeness (QED) is 0.219. The molecule has 0 radical (unpaired) electrons. The first-order chi connectivity index (χ1) is 17.2. The minimum atomic E-state index is -0.499. The Bertz CT molecular complexity index is 807. The molecule has 0 aromatic carbocycles. The number of unbranched alkanes of at least 4 members (excludes halogenated alkanes) is 3. The molecule has 1 aromatic rings. The Balaban J connectivity index is 1.40. The molecule has 0 aliphatic heterocycles. The zero-order chi connectivity index (χ0) is 26.2. The lowest BCUT2D eigenvalue weighted by molar-refractivity contribution is -0.123. The second-order valence-corrected chi connectivity index (χ2v) is 12.4. The van der Waals surface area contributed by atoms with Crippen LogP contribution >= 0.6 is 0 Å². The van der Waals surface area contributed by atoms with E-state index in [1.54, 1.807) is 0 Å². The van der Waals surface area contributed by atoms with Gasteiger partial charge < -0.3 is 16.8 Å². The van der Waals surface area contributed by atoms with Gasteiger partial charge in [0.15, 0.2) is 0 Å². The van der Waals surface area contributed by atoms with Gasteiger partial charge in [0, 0.05) is 30.6 Å². The van der Waals surface area contributed by atoms with Gasteiger partial charge in [0.2, 0.25) is 5.91 Å². The molecule has 0 bridgehead atoms. The van der Waals surface area contributed by atoms with E-state index in [0.717, 1.165) is 49.6 Å². The molecular formula is C29H54N6O. The summed E-state index contributed by atoms with van der Waals surface area (Å²) in [6.07, 6.45) is 19.8. The van der Waals surface area contributed by atoms with Gasteiger partial charge in [0.25, 0.3) is 0 Å². The van der Waals surface area contributed by atoms with Crippen LogP contribution in [-0.2, 0) is 11.2 Å². The molecule has 1 heterocycles.